The zero-order chi connectivity index (χ0) is 16.8. The Morgan fingerprint density at radius 2 is 1.92 bits per heavy atom. The van der Waals surface area contributed by atoms with Crippen LogP contribution < -0.4 is 10.6 Å². The lowest BCUT2D eigenvalue weighted by Crippen LogP contribution is -2.44. The molecule has 0 unspecified atom stereocenters. The molecule has 1 aromatic carbocycles. The Morgan fingerprint density at radius 3 is 2.52 bits per heavy atom. The molecule has 0 atom stereocenters. The molecule has 0 aliphatic heterocycles. The second kappa shape index (κ2) is 9.52. The Bertz CT molecular complexity index is 678. The molecule has 1 aliphatic carbocycles. The molecule has 6 heteroatoms. The zero-order valence-corrected chi connectivity index (χ0v) is 18.1. The summed E-state index contributed by atoms with van der Waals surface area (Å²) in [6.07, 6.45) is 7.04. The van der Waals surface area contributed by atoms with Crippen molar-refractivity contribution in [2.45, 2.75) is 44.6 Å². The van der Waals surface area contributed by atoms with Gasteiger partial charge in [0.15, 0.2) is 5.96 Å². The molecule has 1 fully saturated rings. The van der Waals surface area contributed by atoms with E-state index in [1.54, 1.807) is 11.3 Å². The highest BCUT2D eigenvalue weighted by molar-refractivity contribution is 14.0. The van der Waals surface area contributed by atoms with Crippen LogP contribution in [0.5, 0.6) is 0 Å². The highest BCUT2D eigenvalue weighted by Gasteiger charge is 2.35. The molecule has 0 saturated heterocycles. The van der Waals surface area contributed by atoms with E-state index in [0.29, 0.717) is 0 Å². The van der Waals surface area contributed by atoms with Crippen LogP contribution in [0.15, 0.2) is 41.5 Å². The van der Waals surface area contributed by atoms with Gasteiger partial charge in [-0.2, -0.15) is 0 Å². The minimum atomic E-state index is 0. The molecule has 0 bridgehead atoms. The first-order chi connectivity index (χ1) is 11.7. The summed E-state index contributed by atoms with van der Waals surface area (Å²) in [6.45, 7) is 3.73. The van der Waals surface area contributed by atoms with Gasteiger partial charge >= 0.3 is 0 Å². The van der Waals surface area contributed by atoms with Crippen molar-refractivity contribution in [1.29, 1.82) is 0 Å². The van der Waals surface area contributed by atoms with Gasteiger partial charge in [-0.05, 0) is 25.3 Å². The second-order valence-electron chi connectivity index (χ2n) is 6.48. The smallest absolute Gasteiger partial charge is 0.191 e. The summed E-state index contributed by atoms with van der Waals surface area (Å²) in [6, 6.07) is 10.9. The Labute approximate surface area is 171 Å². The molecule has 2 N–H and O–H groups in total. The molecule has 136 valence electrons. The summed E-state index contributed by atoms with van der Waals surface area (Å²) < 4.78 is 0. The van der Waals surface area contributed by atoms with Gasteiger partial charge in [0.1, 0.15) is 0 Å². The van der Waals surface area contributed by atoms with E-state index in [0.717, 1.165) is 24.1 Å². The van der Waals surface area contributed by atoms with Gasteiger partial charge < -0.3 is 10.6 Å². The summed E-state index contributed by atoms with van der Waals surface area (Å²) in [4.78, 5) is 9.90. The first-order valence-electron chi connectivity index (χ1n) is 8.63. The van der Waals surface area contributed by atoms with Crippen LogP contribution in [0.2, 0.25) is 0 Å². The zero-order valence-electron chi connectivity index (χ0n) is 14.9. The van der Waals surface area contributed by atoms with Crippen LogP contribution in [0.25, 0.3) is 0 Å². The quantitative estimate of drug-likeness (QED) is 0.391. The van der Waals surface area contributed by atoms with Gasteiger partial charge in [0, 0.05) is 30.1 Å². The molecule has 25 heavy (non-hydrogen) atoms. The maximum absolute atomic E-state index is 4.37. The van der Waals surface area contributed by atoms with Crippen molar-refractivity contribution < 1.29 is 0 Å². The second-order valence-corrected chi connectivity index (χ2v) is 7.80. The minimum absolute atomic E-state index is 0. The summed E-state index contributed by atoms with van der Waals surface area (Å²) in [5.74, 6) is 0.864. The number of thiazole rings is 1. The van der Waals surface area contributed by atoms with E-state index in [-0.39, 0.29) is 29.4 Å². The maximum atomic E-state index is 4.37. The van der Waals surface area contributed by atoms with Crippen molar-refractivity contribution in [2.24, 2.45) is 4.99 Å². The van der Waals surface area contributed by atoms with Crippen LogP contribution in [-0.2, 0) is 12.0 Å². The predicted octanol–water partition coefficient (Wildman–Crippen LogP) is 4.25. The molecule has 1 saturated carbocycles. The fourth-order valence-corrected chi connectivity index (χ4v) is 4.28. The van der Waals surface area contributed by atoms with E-state index in [9.17, 15) is 0 Å². The highest BCUT2D eigenvalue weighted by Crippen LogP contribution is 2.40. The lowest BCUT2D eigenvalue weighted by atomic mass is 9.79. The van der Waals surface area contributed by atoms with Crippen LogP contribution >= 0.6 is 35.3 Å². The number of rotatable bonds is 5. The molecule has 4 nitrogen and oxygen atoms in total. The van der Waals surface area contributed by atoms with E-state index >= 15 is 0 Å². The molecular formula is C19H27IN4S. The van der Waals surface area contributed by atoms with Crippen molar-refractivity contribution >= 4 is 41.3 Å². The van der Waals surface area contributed by atoms with Crippen molar-refractivity contribution in [3.63, 3.8) is 0 Å². The number of nitrogens with zero attached hydrogens (tertiary/aromatic N) is 2. The third kappa shape index (κ3) is 5.17. The summed E-state index contributed by atoms with van der Waals surface area (Å²) in [5.41, 5.74) is 1.68. The Kier molecular flexibility index (Phi) is 7.68. The van der Waals surface area contributed by atoms with Gasteiger partial charge in [0.05, 0.1) is 11.6 Å². The van der Waals surface area contributed by atoms with Gasteiger partial charge in [-0.25, -0.2) is 4.98 Å². The number of aryl methyl sites for hydroxylation is 1. The number of hydrogen-bond donors (Lipinski definition) is 2. The molecule has 1 aliphatic rings. The van der Waals surface area contributed by atoms with E-state index in [2.05, 4.69) is 50.9 Å². The summed E-state index contributed by atoms with van der Waals surface area (Å²) >= 11 is 1.72. The molecule has 1 heterocycles. The fraction of sp³-hybridized carbons (Fsp3) is 0.474. The average molecular weight is 470 g/mol. The normalized spacial score (nSPS) is 16.3. The number of aromatic nitrogens is 1. The number of benzene rings is 1. The van der Waals surface area contributed by atoms with Gasteiger partial charge in [0.25, 0.3) is 0 Å². The summed E-state index contributed by atoms with van der Waals surface area (Å²) in [5, 5.41) is 8.05. The number of aliphatic imine (C=N–C) groups is 1. The Morgan fingerprint density at radius 1 is 1.20 bits per heavy atom. The third-order valence-corrected chi connectivity index (χ3v) is 5.78. The van der Waals surface area contributed by atoms with Crippen molar-refractivity contribution in [3.05, 3.63) is 52.0 Å². The molecule has 1 aromatic heterocycles. The Hall–Kier alpha value is -1.15. The van der Waals surface area contributed by atoms with E-state index in [4.69, 9.17) is 0 Å². The number of nitrogens with one attached hydrogen (secondary N) is 2. The molecule has 0 radical (unpaired) electrons. The van der Waals surface area contributed by atoms with Gasteiger partial charge in [-0.15, -0.1) is 35.3 Å². The largest absolute Gasteiger partial charge is 0.356 e. The fourth-order valence-electron chi connectivity index (χ4n) is 3.54. The van der Waals surface area contributed by atoms with E-state index in [1.807, 2.05) is 20.2 Å². The van der Waals surface area contributed by atoms with Crippen LogP contribution in [0, 0.1) is 6.92 Å². The van der Waals surface area contributed by atoms with E-state index in [1.165, 1.54) is 36.1 Å². The molecule has 0 spiro atoms. The summed E-state index contributed by atoms with van der Waals surface area (Å²) in [7, 11) is 1.83. The molecule has 0 amide bonds. The van der Waals surface area contributed by atoms with Gasteiger partial charge in [-0.3, -0.25) is 4.99 Å². The lowest BCUT2D eigenvalue weighted by Gasteiger charge is -2.30. The average Bonchev–Trinajstić information content (AvgIpc) is 3.26. The molecule has 2 aromatic rings. The topological polar surface area (TPSA) is 49.3 Å². The van der Waals surface area contributed by atoms with Crippen LogP contribution in [0.4, 0.5) is 0 Å². The van der Waals surface area contributed by atoms with Crippen LogP contribution in [0.3, 0.4) is 0 Å². The van der Waals surface area contributed by atoms with Crippen molar-refractivity contribution in [1.82, 2.24) is 15.6 Å². The monoisotopic (exact) mass is 470 g/mol. The van der Waals surface area contributed by atoms with Crippen molar-refractivity contribution in [2.75, 3.05) is 13.6 Å². The first-order valence-corrected chi connectivity index (χ1v) is 9.45. The van der Waals surface area contributed by atoms with Crippen LogP contribution in [0.1, 0.15) is 41.1 Å². The number of hydrogen-bond acceptors (Lipinski definition) is 3. The number of guanidine groups is 1. The molecular weight excluding hydrogens is 443 g/mol. The molecule has 3 rings (SSSR count). The van der Waals surface area contributed by atoms with Crippen LogP contribution in [-0.4, -0.2) is 24.5 Å². The predicted molar refractivity (Wildman–Crippen MR) is 117 cm³/mol. The SMILES string of the molecule is CN=C(NCc1cnc(C)s1)NCC1(c2ccccc2)CCCC1.I. The van der Waals surface area contributed by atoms with Crippen molar-refractivity contribution in [3.8, 4) is 0 Å². The lowest BCUT2D eigenvalue weighted by molar-refractivity contribution is 0.432. The van der Waals surface area contributed by atoms with Gasteiger partial charge in [0.2, 0.25) is 0 Å². The minimum Gasteiger partial charge on any atom is -0.356 e. The standard InChI is InChI=1S/C19H26N4S.HI/c1-15-21-12-17(24-15)13-22-18(20-2)23-14-19(10-6-7-11-19)16-8-4-3-5-9-16;/h3-5,8-9,12H,6-7,10-11,13-14H2,1-2H3,(H2,20,22,23);1H. The highest BCUT2D eigenvalue weighted by atomic mass is 127. The van der Waals surface area contributed by atoms with E-state index < -0.39 is 0 Å². The Balaban J connectivity index is 0.00000225. The maximum Gasteiger partial charge on any atom is 0.191 e. The van der Waals surface area contributed by atoms with Gasteiger partial charge in [-0.1, -0.05) is 43.2 Å². The first kappa shape index (κ1) is 20.2. The number of halogens is 1. The third-order valence-electron chi connectivity index (χ3n) is 4.86.